The number of benzene rings is 1. The van der Waals surface area contributed by atoms with Crippen LogP contribution in [0.3, 0.4) is 0 Å². The van der Waals surface area contributed by atoms with Gasteiger partial charge in [-0.25, -0.2) is 0 Å². The van der Waals surface area contributed by atoms with Crippen LogP contribution in [0.1, 0.15) is 35.6 Å². The molecule has 1 fully saturated rings. The number of hydrogen-bond donors (Lipinski definition) is 1. The molecule has 2 nitrogen and oxygen atoms in total. The molecule has 1 atom stereocenters. The molecule has 80 valence electrons. The van der Waals surface area contributed by atoms with E-state index in [-0.39, 0.29) is 0 Å². The Labute approximate surface area is 90.6 Å². The average Bonchev–Trinajstić information content (AvgIpc) is 2.89. The molecule has 0 radical (unpaired) electrons. The SMILES string of the molecule is Cc1cc(C)c2c(c1)C(NC1CC1)CO2. The first-order valence-electron chi connectivity index (χ1n) is 5.74. The molecule has 0 saturated heterocycles. The second-order valence-corrected chi connectivity index (χ2v) is 4.80. The van der Waals surface area contributed by atoms with Crippen LogP contribution in [0.25, 0.3) is 0 Å². The first kappa shape index (κ1) is 9.22. The maximum Gasteiger partial charge on any atom is 0.127 e. The summed E-state index contributed by atoms with van der Waals surface area (Å²) < 4.78 is 5.76. The van der Waals surface area contributed by atoms with Crippen molar-refractivity contribution < 1.29 is 4.74 Å². The summed E-state index contributed by atoms with van der Waals surface area (Å²) in [6, 6.07) is 5.62. The summed E-state index contributed by atoms with van der Waals surface area (Å²) in [5, 5.41) is 3.64. The fourth-order valence-electron chi connectivity index (χ4n) is 2.37. The predicted molar refractivity (Wildman–Crippen MR) is 60.3 cm³/mol. The van der Waals surface area contributed by atoms with E-state index < -0.39 is 0 Å². The number of hydrogen-bond acceptors (Lipinski definition) is 2. The van der Waals surface area contributed by atoms with E-state index in [1.807, 2.05) is 0 Å². The largest absolute Gasteiger partial charge is 0.491 e. The molecule has 1 unspecified atom stereocenters. The summed E-state index contributed by atoms with van der Waals surface area (Å²) in [6.07, 6.45) is 2.66. The van der Waals surface area contributed by atoms with Crippen molar-refractivity contribution in [3.8, 4) is 5.75 Å². The molecule has 3 rings (SSSR count). The smallest absolute Gasteiger partial charge is 0.127 e. The van der Waals surface area contributed by atoms with Gasteiger partial charge in [0.1, 0.15) is 12.4 Å². The van der Waals surface area contributed by atoms with Crippen molar-refractivity contribution in [2.75, 3.05) is 6.61 Å². The van der Waals surface area contributed by atoms with Gasteiger partial charge >= 0.3 is 0 Å². The zero-order valence-corrected chi connectivity index (χ0v) is 9.34. The van der Waals surface area contributed by atoms with Crippen LogP contribution in [0.5, 0.6) is 5.75 Å². The number of fused-ring (bicyclic) bond motifs is 1. The van der Waals surface area contributed by atoms with Gasteiger partial charge in [-0.1, -0.05) is 17.7 Å². The van der Waals surface area contributed by atoms with Crippen LogP contribution in [0, 0.1) is 13.8 Å². The Bertz CT molecular complexity index is 396. The normalized spacial score (nSPS) is 23.7. The van der Waals surface area contributed by atoms with E-state index in [2.05, 4.69) is 31.3 Å². The molecule has 1 aromatic carbocycles. The molecule has 2 aliphatic rings. The molecule has 0 amide bonds. The molecule has 1 heterocycles. The average molecular weight is 203 g/mol. The number of aryl methyl sites for hydroxylation is 2. The van der Waals surface area contributed by atoms with Gasteiger partial charge in [0.25, 0.3) is 0 Å². The maximum atomic E-state index is 5.76. The van der Waals surface area contributed by atoms with Gasteiger partial charge in [0.15, 0.2) is 0 Å². The summed E-state index contributed by atoms with van der Waals surface area (Å²) >= 11 is 0. The summed E-state index contributed by atoms with van der Waals surface area (Å²) in [7, 11) is 0. The first-order chi connectivity index (χ1) is 7.24. The van der Waals surface area contributed by atoms with Crippen LogP contribution in [0.4, 0.5) is 0 Å². The van der Waals surface area contributed by atoms with Crippen molar-refractivity contribution in [1.82, 2.24) is 5.32 Å². The van der Waals surface area contributed by atoms with E-state index >= 15 is 0 Å². The monoisotopic (exact) mass is 203 g/mol. The van der Waals surface area contributed by atoms with E-state index in [9.17, 15) is 0 Å². The van der Waals surface area contributed by atoms with Crippen molar-refractivity contribution in [1.29, 1.82) is 0 Å². The third-order valence-corrected chi connectivity index (χ3v) is 3.23. The molecule has 0 bridgehead atoms. The van der Waals surface area contributed by atoms with Gasteiger partial charge in [0, 0.05) is 11.6 Å². The molecular formula is C13H17NO. The lowest BCUT2D eigenvalue weighted by Crippen LogP contribution is -2.24. The fourth-order valence-corrected chi connectivity index (χ4v) is 2.37. The van der Waals surface area contributed by atoms with Crippen LogP contribution in [-0.4, -0.2) is 12.6 Å². The standard InChI is InChI=1S/C13H17NO/c1-8-5-9(2)13-11(6-8)12(7-15-13)14-10-3-4-10/h5-6,10,12,14H,3-4,7H2,1-2H3. The van der Waals surface area contributed by atoms with Crippen molar-refractivity contribution in [3.05, 3.63) is 28.8 Å². The van der Waals surface area contributed by atoms with Crippen molar-refractivity contribution in [3.63, 3.8) is 0 Å². The lowest BCUT2D eigenvalue weighted by molar-refractivity contribution is 0.309. The van der Waals surface area contributed by atoms with Crippen molar-refractivity contribution in [2.24, 2.45) is 0 Å². The number of nitrogens with one attached hydrogen (secondary N) is 1. The number of ether oxygens (including phenoxy) is 1. The molecule has 1 N–H and O–H groups in total. The molecule has 2 heteroatoms. The van der Waals surface area contributed by atoms with Crippen LogP contribution in [0.15, 0.2) is 12.1 Å². The van der Waals surface area contributed by atoms with Crippen LogP contribution < -0.4 is 10.1 Å². The zero-order valence-electron chi connectivity index (χ0n) is 9.34. The van der Waals surface area contributed by atoms with Gasteiger partial charge in [-0.15, -0.1) is 0 Å². The van der Waals surface area contributed by atoms with Crippen LogP contribution in [-0.2, 0) is 0 Å². The van der Waals surface area contributed by atoms with Gasteiger partial charge in [-0.2, -0.15) is 0 Å². The third-order valence-electron chi connectivity index (χ3n) is 3.23. The highest BCUT2D eigenvalue weighted by atomic mass is 16.5. The van der Waals surface area contributed by atoms with Gasteiger partial charge in [0.2, 0.25) is 0 Å². The molecule has 1 aromatic rings. The second-order valence-electron chi connectivity index (χ2n) is 4.80. The van der Waals surface area contributed by atoms with Crippen LogP contribution >= 0.6 is 0 Å². The molecule has 0 spiro atoms. The molecule has 0 aromatic heterocycles. The summed E-state index contributed by atoms with van der Waals surface area (Å²) in [4.78, 5) is 0. The molecule has 1 aliphatic carbocycles. The Hall–Kier alpha value is -1.02. The molecular weight excluding hydrogens is 186 g/mol. The highest BCUT2D eigenvalue weighted by Crippen LogP contribution is 2.37. The topological polar surface area (TPSA) is 21.3 Å². The van der Waals surface area contributed by atoms with E-state index in [0.29, 0.717) is 6.04 Å². The summed E-state index contributed by atoms with van der Waals surface area (Å²) in [6.45, 7) is 5.08. The van der Waals surface area contributed by atoms with Crippen molar-refractivity contribution >= 4 is 0 Å². The predicted octanol–water partition coefficient (Wildman–Crippen LogP) is 2.49. The van der Waals surface area contributed by atoms with Gasteiger partial charge in [-0.3, -0.25) is 0 Å². The van der Waals surface area contributed by atoms with E-state index in [1.54, 1.807) is 0 Å². The van der Waals surface area contributed by atoms with Gasteiger partial charge in [0.05, 0.1) is 6.04 Å². The fraction of sp³-hybridized carbons (Fsp3) is 0.538. The molecule has 1 aliphatic heterocycles. The Morgan fingerprint density at radius 3 is 2.80 bits per heavy atom. The Morgan fingerprint density at radius 1 is 1.27 bits per heavy atom. The first-order valence-corrected chi connectivity index (χ1v) is 5.74. The third kappa shape index (κ3) is 1.63. The molecule has 1 saturated carbocycles. The minimum atomic E-state index is 0.422. The van der Waals surface area contributed by atoms with Crippen LogP contribution in [0.2, 0.25) is 0 Å². The Balaban J connectivity index is 1.93. The Kier molecular flexibility index (Phi) is 1.99. The zero-order chi connectivity index (χ0) is 10.4. The minimum absolute atomic E-state index is 0.422. The highest BCUT2D eigenvalue weighted by Gasteiger charge is 2.31. The molecule has 15 heavy (non-hydrogen) atoms. The Morgan fingerprint density at radius 2 is 2.07 bits per heavy atom. The van der Waals surface area contributed by atoms with E-state index in [4.69, 9.17) is 4.74 Å². The maximum absolute atomic E-state index is 5.76. The minimum Gasteiger partial charge on any atom is -0.491 e. The lowest BCUT2D eigenvalue weighted by atomic mass is 10.0. The quantitative estimate of drug-likeness (QED) is 0.797. The van der Waals surface area contributed by atoms with E-state index in [1.165, 1.54) is 29.5 Å². The lowest BCUT2D eigenvalue weighted by Gasteiger charge is -2.11. The van der Waals surface area contributed by atoms with Gasteiger partial charge < -0.3 is 10.1 Å². The summed E-state index contributed by atoms with van der Waals surface area (Å²) in [5.74, 6) is 1.11. The highest BCUT2D eigenvalue weighted by molar-refractivity contribution is 5.48. The van der Waals surface area contributed by atoms with E-state index in [0.717, 1.165) is 18.4 Å². The van der Waals surface area contributed by atoms with Gasteiger partial charge in [-0.05, 0) is 32.3 Å². The summed E-state index contributed by atoms with van der Waals surface area (Å²) in [5.41, 5.74) is 3.96. The second kappa shape index (κ2) is 3.24. The van der Waals surface area contributed by atoms with Crippen molar-refractivity contribution in [2.45, 2.75) is 38.8 Å². The number of rotatable bonds is 2.